The molecule has 1 aromatic heterocycles. The van der Waals surface area contributed by atoms with Crippen LogP contribution >= 0.6 is 0 Å². The Kier molecular flexibility index (Phi) is 4.73. The van der Waals surface area contributed by atoms with Gasteiger partial charge < -0.3 is 10.6 Å². The maximum absolute atomic E-state index is 13.3. The van der Waals surface area contributed by atoms with Gasteiger partial charge in [0.05, 0.1) is 6.54 Å². The van der Waals surface area contributed by atoms with Crippen LogP contribution in [0.5, 0.6) is 0 Å². The van der Waals surface area contributed by atoms with E-state index in [4.69, 9.17) is 0 Å². The third-order valence-electron chi connectivity index (χ3n) is 2.56. The number of amides is 1. The highest BCUT2D eigenvalue weighted by Crippen LogP contribution is 2.17. The summed E-state index contributed by atoms with van der Waals surface area (Å²) in [5, 5.41) is 5.06. The van der Waals surface area contributed by atoms with E-state index in [1.807, 2.05) is 6.07 Å². The molecule has 2 rings (SSSR count). The SMILES string of the molecule is O=C(CNCc1cccnc1)Nc1c(F)cccc1F. The zero-order valence-electron chi connectivity index (χ0n) is 10.6. The molecule has 4 nitrogen and oxygen atoms in total. The van der Waals surface area contributed by atoms with E-state index in [0.717, 1.165) is 17.7 Å². The average Bonchev–Trinajstić information content (AvgIpc) is 2.44. The molecule has 0 aliphatic carbocycles. The number of pyridine rings is 1. The quantitative estimate of drug-likeness (QED) is 0.880. The van der Waals surface area contributed by atoms with E-state index in [9.17, 15) is 13.6 Å². The number of hydrogen-bond acceptors (Lipinski definition) is 3. The van der Waals surface area contributed by atoms with Crippen molar-refractivity contribution in [1.29, 1.82) is 0 Å². The van der Waals surface area contributed by atoms with Gasteiger partial charge in [0.2, 0.25) is 5.91 Å². The molecule has 0 saturated carbocycles. The predicted octanol–water partition coefficient (Wildman–Crippen LogP) is 2.09. The van der Waals surface area contributed by atoms with Crippen molar-refractivity contribution in [2.75, 3.05) is 11.9 Å². The first-order chi connectivity index (χ1) is 9.66. The van der Waals surface area contributed by atoms with Crippen molar-refractivity contribution >= 4 is 11.6 Å². The molecule has 1 heterocycles. The Morgan fingerprint density at radius 3 is 2.55 bits per heavy atom. The van der Waals surface area contributed by atoms with E-state index < -0.39 is 23.2 Å². The smallest absolute Gasteiger partial charge is 0.238 e. The van der Waals surface area contributed by atoms with Gasteiger partial charge >= 0.3 is 0 Å². The highest BCUT2D eigenvalue weighted by atomic mass is 19.1. The lowest BCUT2D eigenvalue weighted by Crippen LogP contribution is -2.28. The zero-order chi connectivity index (χ0) is 14.4. The lowest BCUT2D eigenvalue weighted by atomic mass is 10.3. The number of nitrogens with zero attached hydrogens (tertiary/aromatic N) is 1. The zero-order valence-corrected chi connectivity index (χ0v) is 10.6. The van der Waals surface area contributed by atoms with Crippen molar-refractivity contribution in [2.45, 2.75) is 6.54 Å². The van der Waals surface area contributed by atoms with E-state index in [0.29, 0.717) is 6.54 Å². The molecule has 0 saturated heterocycles. The fraction of sp³-hybridized carbons (Fsp3) is 0.143. The number of carbonyl (C=O) groups excluding carboxylic acids is 1. The first-order valence-corrected chi connectivity index (χ1v) is 6.00. The molecule has 0 radical (unpaired) electrons. The van der Waals surface area contributed by atoms with Crippen LogP contribution in [0, 0.1) is 11.6 Å². The Hall–Kier alpha value is -2.34. The minimum absolute atomic E-state index is 0.0529. The minimum atomic E-state index is -0.800. The minimum Gasteiger partial charge on any atom is -0.320 e. The highest BCUT2D eigenvalue weighted by Gasteiger charge is 2.11. The Bertz CT molecular complexity index is 570. The Balaban J connectivity index is 1.84. The second kappa shape index (κ2) is 6.72. The molecule has 0 aliphatic heterocycles. The standard InChI is InChI=1S/C14H13F2N3O/c15-11-4-1-5-12(16)14(11)19-13(20)9-18-8-10-3-2-6-17-7-10/h1-7,18H,8-9H2,(H,19,20). The van der Waals surface area contributed by atoms with E-state index in [1.54, 1.807) is 18.5 Å². The first kappa shape index (κ1) is 14.1. The van der Waals surface area contributed by atoms with Crippen LogP contribution in [0.4, 0.5) is 14.5 Å². The fourth-order valence-corrected chi connectivity index (χ4v) is 1.62. The number of hydrogen-bond donors (Lipinski definition) is 2. The molecule has 0 spiro atoms. The first-order valence-electron chi connectivity index (χ1n) is 6.00. The predicted molar refractivity (Wildman–Crippen MR) is 70.9 cm³/mol. The molecule has 0 atom stereocenters. The number of nitrogens with one attached hydrogen (secondary N) is 2. The number of para-hydroxylation sites is 1. The van der Waals surface area contributed by atoms with Gasteiger partial charge in [-0.1, -0.05) is 12.1 Å². The molecule has 0 unspecified atom stereocenters. The highest BCUT2D eigenvalue weighted by molar-refractivity contribution is 5.92. The Labute approximate surface area is 114 Å². The summed E-state index contributed by atoms with van der Waals surface area (Å²) in [6.45, 7) is 0.393. The van der Waals surface area contributed by atoms with Crippen LogP contribution < -0.4 is 10.6 Å². The van der Waals surface area contributed by atoms with Crippen molar-refractivity contribution in [3.05, 3.63) is 59.9 Å². The van der Waals surface area contributed by atoms with Gasteiger partial charge in [0.25, 0.3) is 0 Å². The largest absolute Gasteiger partial charge is 0.320 e. The molecule has 0 fully saturated rings. The molecule has 6 heteroatoms. The van der Waals surface area contributed by atoms with Crippen LogP contribution in [0.3, 0.4) is 0 Å². The van der Waals surface area contributed by atoms with Crippen LogP contribution in [0.1, 0.15) is 5.56 Å². The number of rotatable bonds is 5. The maximum Gasteiger partial charge on any atom is 0.238 e. The summed E-state index contributed by atoms with van der Waals surface area (Å²) in [6.07, 6.45) is 3.32. The Morgan fingerprint density at radius 2 is 1.90 bits per heavy atom. The lowest BCUT2D eigenvalue weighted by molar-refractivity contribution is -0.115. The van der Waals surface area contributed by atoms with Crippen LogP contribution in [0.2, 0.25) is 0 Å². The summed E-state index contributed by atoms with van der Waals surface area (Å²) in [7, 11) is 0. The molecular weight excluding hydrogens is 264 g/mol. The van der Waals surface area contributed by atoms with Crippen molar-refractivity contribution in [1.82, 2.24) is 10.3 Å². The summed E-state index contributed by atoms with van der Waals surface area (Å²) < 4.78 is 26.6. The lowest BCUT2D eigenvalue weighted by Gasteiger charge is -2.08. The number of benzene rings is 1. The summed E-state index contributed by atoms with van der Waals surface area (Å²) in [6, 6.07) is 7.05. The summed E-state index contributed by atoms with van der Waals surface area (Å²) in [5.41, 5.74) is 0.484. The summed E-state index contributed by atoms with van der Waals surface area (Å²) >= 11 is 0. The molecule has 0 aliphatic rings. The topological polar surface area (TPSA) is 54.0 Å². The second-order valence-electron chi connectivity index (χ2n) is 4.11. The molecule has 20 heavy (non-hydrogen) atoms. The number of halogens is 2. The molecule has 104 valence electrons. The number of carbonyl (C=O) groups is 1. The van der Waals surface area contributed by atoms with Gasteiger partial charge in [0.1, 0.15) is 17.3 Å². The van der Waals surface area contributed by atoms with Gasteiger partial charge in [-0.2, -0.15) is 0 Å². The van der Waals surface area contributed by atoms with Gasteiger partial charge in [0.15, 0.2) is 0 Å². The molecule has 0 bridgehead atoms. The van der Waals surface area contributed by atoms with E-state index in [-0.39, 0.29) is 6.54 Å². The van der Waals surface area contributed by atoms with Gasteiger partial charge in [0, 0.05) is 18.9 Å². The second-order valence-corrected chi connectivity index (χ2v) is 4.11. The fourth-order valence-electron chi connectivity index (χ4n) is 1.62. The van der Waals surface area contributed by atoms with Gasteiger partial charge in [-0.05, 0) is 23.8 Å². The van der Waals surface area contributed by atoms with Crippen molar-refractivity contribution in [3.63, 3.8) is 0 Å². The summed E-state index contributed by atoms with van der Waals surface area (Å²) in [5.74, 6) is -2.12. The maximum atomic E-state index is 13.3. The number of anilines is 1. The normalized spacial score (nSPS) is 10.3. The monoisotopic (exact) mass is 277 g/mol. The summed E-state index contributed by atoms with van der Waals surface area (Å²) in [4.78, 5) is 15.5. The van der Waals surface area contributed by atoms with Gasteiger partial charge in [-0.3, -0.25) is 9.78 Å². The van der Waals surface area contributed by atoms with Crippen LogP contribution in [-0.2, 0) is 11.3 Å². The third-order valence-corrected chi connectivity index (χ3v) is 2.56. The van der Waals surface area contributed by atoms with Crippen LogP contribution in [-0.4, -0.2) is 17.4 Å². The van der Waals surface area contributed by atoms with Crippen molar-refractivity contribution < 1.29 is 13.6 Å². The molecule has 2 aromatic rings. The Morgan fingerprint density at radius 1 is 1.15 bits per heavy atom. The molecule has 1 amide bonds. The van der Waals surface area contributed by atoms with Crippen LogP contribution in [0.25, 0.3) is 0 Å². The van der Waals surface area contributed by atoms with E-state index >= 15 is 0 Å². The third kappa shape index (κ3) is 3.83. The average molecular weight is 277 g/mol. The van der Waals surface area contributed by atoms with Gasteiger partial charge in [-0.25, -0.2) is 8.78 Å². The molecular formula is C14H13F2N3O. The van der Waals surface area contributed by atoms with E-state index in [2.05, 4.69) is 15.6 Å². The van der Waals surface area contributed by atoms with E-state index in [1.165, 1.54) is 6.07 Å². The molecule has 1 aromatic carbocycles. The van der Waals surface area contributed by atoms with Gasteiger partial charge in [-0.15, -0.1) is 0 Å². The number of aromatic nitrogens is 1. The van der Waals surface area contributed by atoms with Crippen molar-refractivity contribution in [2.24, 2.45) is 0 Å². The van der Waals surface area contributed by atoms with Crippen LogP contribution in [0.15, 0.2) is 42.7 Å². The molecule has 2 N–H and O–H groups in total. The van der Waals surface area contributed by atoms with Crippen molar-refractivity contribution in [3.8, 4) is 0 Å².